The van der Waals surface area contributed by atoms with E-state index in [0.29, 0.717) is 57.0 Å². The van der Waals surface area contributed by atoms with Crippen molar-refractivity contribution in [1.82, 2.24) is 24.1 Å². The van der Waals surface area contributed by atoms with Crippen LogP contribution in [0.15, 0.2) is 30.6 Å². The average molecular weight is 496 g/mol. The first-order valence-corrected chi connectivity index (χ1v) is 12.1. The number of hydrogen-bond donors (Lipinski definition) is 1. The number of pyridine rings is 1. The Labute approximate surface area is 209 Å². The number of halogens is 1. The molecular weight excluding hydrogens is 466 g/mol. The molecule has 9 heteroatoms. The van der Waals surface area contributed by atoms with E-state index >= 15 is 0 Å². The van der Waals surface area contributed by atoms with Gasteiger partial charge in [0.25, 0.3) is 5.88 Å². The minimum atomic E-state index is -1.53. The molecule has 1 fully saturated rings. The van der Waals surface area contributed by atoms with Crippen LogP contribution >= 0.6 is 11.6 Å². The number of hydrogen-bond acceptors (Lipinski definition) is 6. The second kappa shape index (κ2) is 8.84. The molecule has 0 amide bonds. The molecule has 3 heterocycles. The van der Waals surface area contributed by atoms with Gasteiger partial charge in [-0.3, -0.25) is 0 Å². The van der Waals surface area contributed by atoms with Crippen molar-refractivity contribution in [3.8, 4) is 11.6 Å². The van der Waals surface area contributed by atoms with E-state index in [-0.39, 0.29) is 0 Å². The van der Waals surface area contributed by atoms with Crippen LogP contribution in [0.5, 0.6) is 11.6 Å². The van der Waals surface area contributed by atoms with E-state index in [9.17, 15) is 5.11 Å². The van der Waals surface area contributed by atoms with Gasteiger partial charge >= 0.3 is 0 Å². The fraction of sp³-hybridized carbons (Fsp3) is 0.423. The van der Waals surface area contributed by atoms with E-state index < -0.39 is 5.60 Å². The number of nitrogens with zero attached hydrogens (tertiary/aromatic N) is 5. The van der Waals surface area contributed by atoms with E-state index in [1.165, 1.54) is 6.42 Å². The first-order chi connectivity index (χ1) is 16.8. The molecule has 0 bridgehead atoms. The lowest BCUT2D eigenvalue weighted by atomic mass is 9.86. The number of aromatic nitrogens is 5. The Morgan fingerprint density at radius 2 is 1.71 bits per heavy atom. The number of aliphatic hydroxyl groups is 1. The van der Waals surface area contributed by atoms with E-state index in [2.05, 4.69) is 15.0 Å². The van der Waals surface area contributed by atoms with Gasteiger partial charge in [0, 0.05) is 19.5 Å². The van der Waals surface area contributed by atoms with Gasteiger partial charge in [-0.15, -0.1) is 0 Å². The number of methoxy groups -OCH3 is 1. The molecule has 0 atom stereocenters. The third-order valence-electron chi connectivity index (χ3n) is 7.33. The Balaban J connectivity index is 1.70. The number of fused-ring (bicyclic) bond motifs is 1. The Hall–Kier alpha value is -3.10. The highest BCUT2D eigenvalue weighted by atomic mass is 35.5. The summed E-state index contributed by atoms with van der Waals surface area (Å²) in [5.74, 6) is 2.89. The number of benzene rings is 1. The van der Waals surface area contributed by atoms with Crippen LogP contribution in [0.25, 0.3) is 10.9 Å². The minimum absolute atomic E-state index is 0.356. The second-order valence-electron chi connectivity index (χ2n) is 9.31. The first kappa shape index (κ1) is 23.6. The van der Waals surface area contributed by atoms with E-state index in [1.807, 2.05) is 55.3 Å². The zero-order valence-corrected chi connectivity index (χ0v) is 21.4. The third kappa shape index (κ3) is 3.76. The highest BCUT2D eigenvalue weighted by Gasteiger charge is 2.40. The lowest BCUT2D eigenvalue weighted by Gasteiger charge is -2.30. The van der Waals surface area contributed by atoms with E-state index in [4.69, 9.17) is 21.1 Å². The number of imidazole rings is 2. The molecule has 0 saturated heterocycles. The Kier molecular flexibility index (Phi) is 5.97. The lowest BCUT2D eigenvalue weighted by Crippen LogP contribution is -2.33. The maximum absolute atomic E-state index is 12.4. The van der Waals surface area contributed by atoms with Gasteiger partial charge in [0.15, 0.2) is 5.60 Å². The lowest BCUT2D eigenvalue weighted by molar-refractivity contribution is 0.109. The van der Waals surface area contributed by atoms with E-state index in [1.54, 1.807) is 19.5 Å². The SMILES string of the molecule is COc1nc2ccc(C(O)(c3cnc(C)n3C)c3cnc(C)n3C)cc2c(Cl)c1OCC1CCC1. The van der Waals surface area contributed by atoms with Gasteiger partial charge in [0.05, 0.1) is 48.0 Å². The maximum Gasteiger partial charge on any atom is 0.258 e. The molecular formula is C26H30ClN5O3. The summed E-state index contributed by atoms with van der Waals surface area (Å²) in [5.41, 5.74) is 0.982. The van der Waals surface area contributed by atoms with Crippen molar-refractivity contribution in [2.45, 2.75) is 38.7 Å². The third-order valence-corrected chi connectivity index (χ3v) is 7.71. The summed E-state index contributed by atoms with van der Waals surface area (Å²) < 4.78 is 15.4. The van der Waals surface area contributed by atoms with Crippen LogP contribution in [0, 0.1) is 19.8 Å². The molecule has 1 aliphatic rings. The molecule has 1 aliphatic carbocycles. The zero-order chi connectivity index (χ0) is 24.9. The molecule has 8 nitrogen and oxygen atoms in total. The Morgan fingerprint density at radius 1 is 1.09 bits per heavy atom. The molecule has 0 unspecified atom stereocenters. The van der Waals surface area contributed by atoms with Gasteiger partial charge < -0.3 is 23.7 Å². The summed E-state index contributed by atoms with van der Waals surface area (Å²) in [6, 6.07) is 5.56. The van der Waals surface area contributed by atoms with Crippen LogP contribution in [0.3, 0.4) is 0 Å². The van der Waals surface area contributed by atoms with Crippen molar-refractivity contribution in [2.24, 2.45) is 20.0 Å². The summed E-state index contributed by atoms with van der Waals surface area (Å²) >= 11 is 6.89. The topological polar surface area (TPSA) is 87.2 Å². The van der Waals surface area contributed by atoms with Crippen molar-refractivity contribution in [1.29, 1.82) is 0 Å². The van der Waals surface area contributed by atoms with Crippen LogP contribution < -0.4 is 9.47 Å². The summed E-state index contributed by atoms with van der Waals surface area (Å²) in [6.45, 7) is 4.38. The number of ether oxygens (including phenoxy) is 2. The van der Waals surface area contributed by atoms with Gasteiger partial charge in [-0.1, -0.05) is 24.1 Å². The van der Waals surface area contributed by atoms with Crippen LogP contribution in [0.2, 0.25) is 5.02 Å². The predicted octanol–water partition coefficient (Wildman–Crippen LogP) is 4.44. The predicted molar refractivity (Wildman–Crippen MR) is 134 cm³/mol. The molecule has 0 spiro atoms. The van der Waals surface area contributed by atoms with Crippen molar-refractivity contribution in [3.63, 3.8) is 0 Å². The summed E-state index contributed by atoms with van der Waals surface area (Å²) in [6.07, 6.45) is 6.95. The monoisotopic (exact) mass is 495 g/mol. The molecule has 1 N–H and O–H groups in total. The van der Waals surface area contributed by atoms with Crippen molar-refractivity contribution in [3.05, 3.63) is 64.2 Å². The van der Waals surface area contributed by atoms with Gasteiger partial charge in [0.2, 0.25) is 5.75 Å². The van der Waals surface area contributed by atoms with Gasteiger partial charge in [0.1, 0.15) is 11.6 Å². The molecule has 5 rings (SSSR count). The Morgan fingerprint density at radius 3 is 2.20 bits per heavy atom. The van der Waals surface area contributed by atoms with Crippen LogP contribution in [-0.2, 0) is 19.7 Å². The molecule has 1 saturated carbocycles. The number of rotatable bonds is 7. The van der Waals surface area contributed by atoms with Crippen molar-refractivity contribution < 1.29 is 14.6 Å². The highest BCUT2D eigenvalue weighted by molar-refractivity contribution is 6.37. The molecule has 0 radical (unpaired) electrons. The molecule has 3 aromatic heterocycles. The number of aryl methyl sites for hydroxylation is 2. The van der Waals surface area contributed by atoms with Crippen LogP contribution in [0.4, 0.5) is 0 Å². The standard InChI is InChI=1S/C26H30ClN5O3/c1-15-28-12-21(31(15)3)26(33,22-13-29-16(2)32(22)4)18-9-10-20-19(11-18)23(27)24(25(30-20)34-5)35-14-17-7-6-8-17/h9-13,17,33H,6-8,14H2,1-5H3. The van der Waals surface area contributed by atoms with Crippen molar-refractivity contribution in [2.75, 3.05) is 13.7 Å². The molecule has 4 aromatic rings. The minimum Gasteiger partial charge on any atom is -0.486 e. The fourth-order valence-electron chi connectivity index (χ4n) is 4.64. The van der Waals surface area contributed by atoms with Gasteiger partial charge in [-0.05, 0) is 50.3 Å². The summed E-state index contributed by atoms with van der Waals surface area (Å²) in [7, 11) is 5.33. The normalized spacial score (nSPS) is 14.4. The van der Waals surface area contributed by atoms with Gasteiger partial charge in [-0.2, -0.15) is 0 Å². The fourth-order valence-corrected chi connectivity index (χ4v) is 4.92. The highest BCUT2D eigenvalue weighted by Crippen LogP contribution is 2.43. The molecule has 35 heavy (non-hydrogen) atoms. The largest absolute Gasteiger partial charge is 0.486 e. The molecule has 0 aliphatic heterocycles. The Bertz CT molecular complexity index is 1360. The first-order valence-electron chi connectivity index (χ1n) is 11.8. The second-order valence-corrected chi connectivity index (χ2v) is 9.69. The van der Waals surface area contributed by atoms with Crippen LogP contribution in [0.1, 0.15) is 47.9 Å². The molecule has 1 aromatic carbocycles. The van der Waals surface area contributed by atoms with Crippen LogP contribution in [-0.4, -0.2) is 42.9 Å². The quantitative estimate of drug-likeness (QED) is 0.407. The van der Waals surface area contributed by atoms with Crippen molar-refractivity contribution >= 4 is 22.5 Å². The zero-order valence-electron chi connectivity index (χ0n) is 20.7. The smallest absolute Gasteiger partial charge is 0.258 e. The maximum atomic E-state index is 12.4. The van der Waals surface area contributed by atoms with Gasteiger partial charge in [-0.25, -0.2) is 15.0 Å². The average Bonchev–Trinajstić information content (AvgIpc) is 3.34. The van der Waals surface area contributed by atoms with E-state index in [0.717, 1.165) is 24.5 Å². The summed E-state index contributed by atoms with van der Waals surface area (Å²) in [5, 5.41) is 13.5. The summed E-state index contributed by atoms with van der Waals surface area (Å²) in [4.78, 5) is 13.5. The molecule has 184 valence electrons.